The standard InChI is InChI=1S/C17H19N3O3/c1-10(2)8-9-18-15(21)17-20-19-16(23-17)14-11(3)12-6-4-5-7-13(12)22-14/h4-7,10H,8-9H2,1-3H3,(H,18,21). The first-order valence-electron chi connectivity index (χ1n) is 7.66. The second-order valence-corrected chi connectivity index (χ2v) is 5.90. The van der Waals surface area contributed by atoms with E-state index < -0.39 is 0 Å². The third kappa shape index (κ3) is 3.11. The van der Waals surface area contributed by atoms with Crippen LogP contribution in [0.3, 0.4) is 0 Å². The van der Waals surface area contributed by atoms with Crippen LogP contribution in [0.15, 0.2) is 33.1 Å². The van der Waals surface area contributed by atoms with E-state index in [0.29, 0.717) is 18.2 Å². The molecule has 0 atom stereocenters. The predicted octanol–water partition coefficient (Wildman–Crippen LogP) is 3.57. The quantitative estimate of drug-likeness (QED) is 0.778. The van der Waals surface area contributed by atoms with Gasteiger partial charge in [-0.2, -0.15) is 0 Å². The highest BCUT2D eigenvalue weighted by atomic mass is 16.4. The van der Waals surface area contributed by atoms with E-state index in [0.717, 1.165) is 23.0 Å². The van der Waals surface area contributed by atoms with Gasteiger partial charge >= 0.3 is 11.8 Å². The van der Waals surface area contributed by atoms with Gasteiger partial charge in [-0.15, -0.1) is 10.2 Å². The molecule has 0 aliphatic rings. The number of amides is 1. The molecular weight excluding hydrogens is 294 g/mol. The van der Waals surface area contributed by atoms with Crippen LogP contribution in [0.5, 0.6) is 0 Å². The molecule has 0 saturated heterocycles. The molecule has 3 aromatic rings. The maximum atomic E-state index is 12.0. The molecule has 23 heavy (non-hydrogen) atoms. The molecule has 1 amide bonds. The predicted molar refractivity (Wildman–Crippen MR) is 86.0 cm³/mol. The number of aryl methyl sites for hydroxylation is 1. The average Bonchev–Trinajstić information content (AvgIpc) is 3.12. The van der Waals surface area contributed by atoms with E-state index in [2.05, 4.69) is 29.4 Å². The molecule has 2 aromatic heterocycles. The molecule has 6 nitrogen and oxygen atoms in total. The summed E-state index contributed by atoms with van der Waals surface area (Å²) in [6.45, 7) is 6.70. The highest BCUT2D eigenvalue weighted by Gasteiger charge is 2.20. The molecule has 0 aliphatic carbocycles. The van der Waals surface area contributed by atoms with E-state index >= 15 is 0 Å². The Morgan fingerprint density at radius 1 is 1.22 bits per heavy atom. The molecule has 0 fully saturated rings. The Labute approximate surface area is 133 Å². The minimum absolute atomic E-state index is 0.0522. The Morgan fingerprint density at radius 2 is 2.00 bits per heavy atom. The van der Waals surface area contributed by atoms with Crippen molar-refractivity contribution in [2.75, 3.05) is 6.54 Å². The average molecular weight is 313 g/mol. The van der Waals surface area contributed by atoms with Crippen LogP contribution in [0.25, 0.3) is 22.6 Å². The molecule has 0 aliphatic heterocycles. The van der Waals surface area contributed by atoms with Gasteiger partial charge < -0.3 is 14.2 Å². The van der Waals surface area contributed by atoms with E-state index in [1.807, 2.05) is 31.2 Å². The van der Waals surface area contributed by atoms with Crippen molar-refractivity contribution >= 4 is 16.9 Å². The summed E-state index contributed by atoms with van der Waals surface area (Å²) in [6.07, 6.45) is 0.898. The molecule has 0 saturated carbocycles. The zero-order valence-electron chi connectivity index (χ0n) is 13.4. The van der Waals surface area contributed by atoms with Gasteiger partial charge in [-0.3, -0.25) is 4.79 Å². The van der Waals surface area contributed by atoms with Crippen LogP contribution in [-0.4, -0.2) is 22.6 Å². The van der Waals surface area contributed by atoms with Gasteiger partial charge in [0.05, 0.1) is 0 Å². The lowest BCUT2D eigenvalue weighted by molar-refractivity contribution is 0.0918. The summed E-state index contributed by atoms with van der Waals surface area (Å²) in [6, 6.07) is 7.68. The van der Waals surface area contributed by atoms with E-state index in [4.69, 9.17) is 8.83 Å². The molecule has 0 bridgehead atoms. The van der Waals surface area contributed by atoms with E-state index in [9.17, 15) is 4.79 Å². The second-order valence-electron chi connectivity index (χ2n) is 5.90. The molecule has 3 rings (SSSR count). The van der Waals surface area contributed by atoms with Crippen LogP contribution in [0, 0.1) is 12.8 Å². The van der Waals surface area contributed by atoms with Gasteiger partial charge in [-0.1, -0.05) is 32.0 Å². The van der Waals surface area contributed by atoms with Gasteiger partial charge in [-0.05, 0) is 25.3 Å². The van der Waals surface area contributed by atoms with E-state index in [1.54, 1.807) is 0 Å². The highest BCUT2D eigenvalue weighted by molar-refractivity contribution is 5.90. The highest BCUT2D eigenvalue weighted by Crippen LogP contribution is 2.31. The zero-order chi connectivity index (χ0) is 16.4. The summed E-state index contributed by atoms with van der Waals surface area (Å²) in [5.74, 6) is 0.821. The van der Waals surface area contributed by atoms with Gasteiger partial charge in [0.15, 0.2) is 5.76 Å². The van der Waals surface area contributed by atoms with Gasteiger partial charge in [-0.25, -0.2) is 0 Å². The molecule has 0 radical (unpaired) electrons. The van der Waals surface area contributed by atoms with Crippen molar-refractivity contribution in [3.05, 3.63) is 35.7 Å². The largest absolute Gasteiger partial charge is 0.451 e. The fraction of sp³-hybridized carbons (Fsp3) is 0.353. The SMILES string of the molecule is Cc1c(-c2nnc(C(=O)NCCC(C)C)o2)oc2ccccc12. The maximum absolute atomic E-state index is 12.0. The molecule has 120 valence electrons. The second kappa shape index (κ2) is 6.24. The van der Waals surface area contributed by atoms with Crippen LogP contribution in [-0.2, 0) is 0 Å². The summed E-state index contributed by atoms with van der Waals surface area (Å²) in [5, 5.41) is 11.5. The number of fused-ring (bicyclic) bond motifs is 1. The number of rotatable bonds is 5. The van der Waals surface area contributed by atoms with E-state index in [-0.39, 0.29) is 17.7 Å². The van der Waals surface area contributed by atoms with Crippen LogP contribution in [0.2, 0.25) is 0 Å². The number of aromatic nitrogens is 2. The fourth-order valence-corrected chi connectivity index (χ4v) is 2.34. The topological polar surface area (TPSA) is 81.2 Å². The number of carbonyl (C=O) groups excluding carboxylic acids is 1. The number of furan rings is 1. The number of nitrogens with zero attached hydrogens (tertiary/aromatic N) is 2. The normalized spacial score (nSPS) is 11.3. The lowest BCUT2D eigenvalue weighted by Gasteiger charge is -2.04. The number of hydrogen-bond donors (Lipinski definition) is 1. The van der Waals surface area contributed by atoms with Crippen molar-refractivity contribution in [2.24, 2.45) is 5.92 Å². The lowest BCUT2D eigenvalue weighted by atomic mass is 10.1. The van der Waals surface area contributed by atoms with Gasteiger partial charge in [0.25, 0.3) is 5.89 Å². The fourth-order valence-electron chi connectivity index (χ4n) is 2.34. The van der Waals surface area contributed by atoms with Crippen molar-refractivity contribution in [2.45, 2.75) is 27.2 Å². The first-order chi connectivity index (χ1) is 11.1. The third-order valence-corrected chi connectivity index (χ3v) is 3.66. The third-order valence-electron chi connectivity index (χ3n) is 3.66. The number of nitrogens with one attached hydrogen (secondary N) is 1. The van der Waals surface area contributed by atoms with Crippen molar-refractivity contribution in [1.82, 2.24) is 15.5 Å². The smallest absolute Gasteiger partial charge is 0.308 e. The van der Waals surface area contributed by atoms with E-state index in [1.165, 1.54) is 0 Å². The summed E-state index contributed by atoms with van der Waals surface area (Å²) < 4.78 is 11.2. The molecule has 0 unspecified atom stereocenters. The van der Waals surface area contributed by atoms with Crippen LogP contribution in [0.1, 0.15) is 36.5 Å². The number of carbonyl (C=O) groups is 1. The minimum atomic E-state index is -0.363. The Bertz CT molecular complexity index is 833. The number of benzene rings is 1. The molecule has 1 aromatic carbocycles. The molecule has 0 spiro atoms. The molecule has 6 heteroatoms. The van der Waals surface area contributed by atoms with Crippen molar-refractivity contribution < 1.29 is 13.6 Å². The summed E-state index contributed by atoms with van der Waals surface area (Å²) in [5.41, 5.74) is 1.66. The molecular formula is C17H19N3O3. The number of hydrogen-bond acceptors (Lipinski definition) is 5. The van der Waals surface area contributed by atoms with Crippen molar-refractivity contribution in [3.63, 3.8) is 0 Å². The van der Waals surface area contributed by atoms with Crippen molar-refractivity contribution in [3.8, 4) is 11.7 Å². The Kier molecular flexibility index (Phi) is 4.14. The first kappa shape index (κ1) is 15.3. The summed E-state index contributed by atoms with van der Waals surface area (Å²) in [7, 11) is 0. The van der Waals surface area contributed by atoms with Gasteiger partial charge in [0.2, 0.25) is 0 Å². The lowest BCUT2D eigenvalue weighted by Crippen LogP contribution is -2.25. The van der Waals surface area contributed by atoms with Crippen LogP contribution >= 0.6 is 0 Å². The minimum Gasteiger partial charge on any atom is -0.451 e. The Balaban J connectivity index is 1.80. The van der Waals surface area contributed by atoms with Crippen LogP contribution in [0.4, 0.5) is 0 Å². The van der Waals surface area contributed by atoms with Crippen molar-refractivity contribution in [1.29, 1.82) is 0 Å². The Morgan fingerprint density at radius 3 is 2.74 bits per heavy atom. The monoisotopic (exact) mass is 313 g/mol. The maximum Gasteiger partial charge on any atom is 0.308 e. The molecule has 1 N–H and O–H groups in total. The summed E-state index contributed by atoms with van der Waals surface area (Å²) >= 11 is 0. The first-order valence-corrected chi connectivity index (χ1v) is 7.66. The summed E-state index contributed by atoms with van der Waals surface area (Å²) in [4.78, 5) is 12.0. The van der Waals surface area contributed by atoms with Crippen LogP contribution < -0.4 is 5.32 Å². The van der Waals surface area contributed by atoms with Gasteiger partial charge in [0, 0.05) is 17.5 Å². The zero-order valence-corrected chi connectivity index (χ0v) is 13.4. The van der Waals surface area contributed by atoms with Gasteiger partial charge in [0.1, 0.15) is 5.58 Å². The Hall–Kier alpha value is -2.63. The number of para-hydroxylation sites is 1. The molecule has 2 heterocycles.